The summed E-state index contributed by atoms with van der Waals surface area (Å²) < 4.78 is 3.07. The number of nitriles is 1. The fraction of sp³-hybridized carbons (Fsp3) is 0.241. The second kappa shape index (κ2) is 11.4. The number of ketones is 2. The highest BCUT2D eigenvalue weighted by atomic mass is 35.5. The smallest absolute Gasteiger partial charge is 0.251 e. The van der Waals surface area contributed by atoms with Crippen molar-refractivity contribution in [2.75, 3.05) is 0 Å². The molecule has 4 rings (SSSR count). The Hall–Kier alpha value is -4.35. The number of hydrogen-bond acceptors (Lipinski definition) is 6. The van der Waals surface area contributed by atoms with Crippen molar-refractivity contribution in [1.29, 1.82) is 5.26 Å². The maximum Gasteiger partial charge on any atom is 0.251 e. The Labute approximate surface area is 225 Å². The Morgan fingerprint density at radius 3 is 2.55 bits per heavy atom. The minimum Gasteiger partial charge on any atom is -0.304 e. The monoisotopic (exact) mass is 527 g/mol. The zero-order valence-corrected chi connectivity index (χ0v) is 22.1. The summed E-state index contributed by atoms with van der Waals surface area (Å²) in [5.74, 6) is -0.265. The van der Waals surface area contributed by atoms with Gasteiger partial charge in [0.1, 0.15) is 11.7 Å². The number of Topliss-reactive ketones (excluding diaryl/α,β-unsaturated/α-hetero) is 2. The third kappa shape index (κ3) is 5.79. The average Bonchev–Trinajstić information content (AvgIpc) is 3.33. The molecule has 38 heavy (non-hydrogen) atoms. The average molecular weight is 528 g/mol. The van der Waals surface area contributed by atoms with Crippen LogP contribution in [0.25, 0.3) is 11.1 Å². The highest BCUT2D eigenvalue weighted by molar-refractivity contribution is 6.31. The summed E-state index contributed by atoms with van der Waals surface area (Å²) in [6.45, 7) is 3.59. The van der Waals surface area contributed by atoms with Gasteiger partial charge in [-0.25, -0.2) is 0 Å². The van der Waals surface area contributed by atoms with Crippen LogP contribution >= 0.6 is 11.6 Å². The summed E-state index contributed by atoms with van der Waals surface area (Å²) in [5.41, 5.74) is 3.53. The SMILES string of the molecule is CCC(=O)c1ccc(CC(=O)C(Cc2ccn(C)n2)n2cc(C)c(-c3cc(Cl)ccc3C#N)cc2=O)cn1. The number of benzene rings is 1. The van der Waals surface area contributed by atoms with Crippen LogP contribution in [0.3, 0.4) is 0 Å². The third-order valence-electron chi connectivity index (χ3n) is 6.36. The number of nitrogens with zero attached hydrogens (tertiary/aromatic N) is 5. The molecule has 3 heterocycles. The number of halogens is 1. The molecule has 0 aliphatic rings. The molecule has 4 aromatic rings. The van der Waals surface area contributed by atoms with Crippen LogP contribution in [0.4, 0.5) is 0 Å². The largest absolute Gasteiger partial charge is 0.304 e. The number of rotatable bonds is 9. The topological polar surface area (TPSA) is 111 Å². The number of carbonyl (C=O) groups is 2. The summed E-state index contributed by atoms with van der Waals surface area (Å²) in [5, 5.41) is 14.4. The molecule has 9 heteroatoms. The van der Waals surface area contributed by atoms with Crippen LogP contribution in [0.2, 0.25) is 5.02 Å². The fourth-order valence-electron chi connectivity index (χ4n) is 4.36. The zero-order chi connectivity index (χ0) is 27.4. The molecule has 1 aromatic carbocycles. The van der Waals surface area contributed by atoms with Gasteiger partial charge in [-0.2, -0.15) is 10.4 Å². The summed E-state index contributed by atoms with van der Waals surface area (Å²) in [7, 11) is 1.79. The van der Waals surface area contributed by atoms with E-state index in [1.54, 1.807) is 61.4 Å². The predicted molar refractivity (Wildman–Crippen MR) is 144 cm³/mol. The van der Waals surface area contributed by atoms with Crippen LogP contribution in [0.5, 0.6) is 0 Å². The Morgan fingerprint density at radius 2 is 1.92 bits per heavy atom. The lowest BCUT2D eigenvalue weighted by atomic mass is 9.96. The second-order valence-corrected chi connectivity index (χ2v) is 9.53. The van der Waals surface area contributed by atoms with Crippen molar-refractivity contribution < 1.29 is 9.59 Å². The first kappa shape index (κ1) is 26.7. The van der Waals surface area contributed by atoms with E-state index < -0.39 is 6.04 Å². The molecule has 0 saturated carbocycles. The van der Waals surface area contributed by atoms with Crippen LogP contribution in [-0.2, 0) is 24.7 Å². The summed E-state index contributed by atoms with van der Waals surface area (Å²) in [4.78, 5) is 43.1. The van der Waals surface area contributed by atoms with Crippen molar-refractivity contribution in [3.8, 4) is 17.2 Å². The first-order valence-electron chi connectivity index (χ1n) is 12.1. The van der Waals surface area contributed by atoms with Crippen molar-refractivity contribution in [2.45, 2.75) is 39.2 Å². The van der Waals surface area contributed by atoms with E-state index in [1.165, 1.54) is 16.8 Å². The fourth-order valence-corrected chi connectivity index (χ4v) is 4.53. The van der Waals surface area contributed by atoms with Crippen molar-refractivity contribution in [1.82, 2.24) is 19.3 Å². The standard InChI is InChI=1S/C29H26ClN5O3/c1-4-27(36)25-8-5-19(16-32-25)11-28(37)26(13-22-9-10-34(3)33-22)35-17-18(2)23(14-29(35)38)24-12-21(30)7-6-20(24)15-31/h5-10,12,14,16-17,26H,4,11,13H2,1-3H3. The Morgan fingerprint density at radius 1 is 1.13 bits per heavy atom. The highest BCUT2D eigenvalue weighted by Crippen LogP contribution is 2.29. The molecule has 0 spiro atoms. The van der Waals surface area contributed by atoms with Crippen molar-refractivity contribution in [3.63, 3.8) is 0 Å². The van der Waals surface area contributed by atoms with E-state index >= 15 is 0 Å². The van der Waals surface area contributed by atoms with Gasteiger partial charge in [0, 0.05) is 61.6 Å². The lowest BCUT2D eigenvalue weighted by Gasteiger charge is -2.20. The molecule has 0 aliphatic carbocycles. The first-order valence-corrected chi connectivity index (χ1v) is 12.5. The van der Waals surface area contributed by atoms with E-state index in [-0.39, 0.29) is 30.0 Å². The van der Waals surface area contributed by atoms with Crippen LogP contribution in [0.1, 0.15) is 52.3 Å². The number of pyridine rings is 2. The molecule has 192 valence electrons. The van der Waals surface area contributed by atoms with E-state index in [0.717, 1.165) is 0 Å². The first-order chi connectivity index (χ1) is 18.2. The third-order valence-corrected chi connectivity index (χ3v) is 6.60. The van der Waals surface area contributed by atoms with Gasteiger partial charge in [-0.1, -0.05) is 24.6 Å². The molecule has 1 unspecified atom stereocenters. The van der Waals surface area contributed by atoms with Gasteiger partial charge in [0.05, 0.1) is 17.3 Å². The van der Waals surface area contributed by atoms with E-state index in [2.05, 4.69) is 16.2 Å². The van der Waals surface area contributed by atoms with Gasteiger partial charge in [0.2, 0.25) is 0 Å². The molecule has 1 atom stereocenters. The molecule has 0 amide bonds. The molecule has 0 bridgehead atoms. The summed E-state index contributed by atoms with van der Waals surface area (Å²) >= 11 is 6.17. The number of aromatic nitrogens is 4. The van der Waals surface area contributed by atoms with Crippen molar-refractivity contribution in [2.24, 2.45) is 7.05 Å². The number of carbonyl (C=O) groups excluding carboxylic acids is 2. The van der Waals surface area contributed by atoms with Gasteiger partial charge in [-0.3, -0.25) is 24.0 Å². The van der Waals surface area contributed by atoms with E-state index in [9.17, 15) is 19.6 Å². The Kier molecular flexibility index (Phi) is 7.99. The predicted octanol–water partition coefficient (Wildman–Crippen LogP) is 4.67. The lowest BCUT2D eigenvalue weighted by molar-refractivity contribution is -0.121. The van der Waals surface area contributed by atoms with E-state index in [0.29, 0.717) is 50.6 Å². The molecular weight excluding hydrogens is 502 g/mol. The maximum absolute atomic E-state index is 13.6. The van der Waals surface area contributed by atoms with Gasteiger partial charge in [-0.15, -0.1) is 0 Å². The normalized spacial score (nSPS) is 11.7. The Bertz CT molecular complexity index is 1610. The molecule has 8 nitrogen and oxygen atoms in total. The maximum atomic E-state index is 13.6. The zero-order valence-electron chi connectivity index (χ0n) is 21.3. The number of aryl methyl sites for hydroxylation is 2. The van der Waals surface area contributed by atoms with Crippen LogP contribution in [-0.4, -0.2) is 30.9 Å². The quantitative estimate of drug-likeness (QED) is 0.293. The molecule has 0 N–H and O–H groups in total. The van der Waals surface area contributed by atoms with Crippen molar-refractivity contribution in [3.05, 3.63) is 105 Å². The molecule has 3 aromatic heterocycles. The van der Waals surface area contributed by atoms with E-state index in [1.807, 2.05) is 13.0 Å². The highest BCUT2D eigenvalue weighted by Gasteiger charge is 2.25. The summed E-state index contributed by atoms with van der Waals surface area (Å²) in [6, 6.07) is 12.8. The number of hydrogen-bond donors (Lipinski definition) is 0. The van der Waals surface area contributed by atoms with Gasteiger partial charge in [-0.05, 0) is 53.9 Å². The molecule has 0 saturated heterocycles. The van der Waals surface area contributed by atoms with Crippen molar-refractivity contribution >= 4 is 23.2 Å². The molecule has 0 radical (unpaired) electrons. The van der Waals surface area contributed by atoms with Crippen LogP contribution in [0.15, 0.2) is 65.8 Å². The minimum absolute atomic E-state index is 0.0329. The van der Waals surface area contributed by atoms with Gasteiger partial charge < -0.3 is 4.57 Å². The van der Waals surface area contributed by atoms with Crippen LogP contribution < -0.4 is 5.56 Å². The van der Waals surface area contributed by atoms with E-state index in [4.69, 9.17) is 11.6 Å². The minimum atomic E-state index is -0.822. The molecular formula is C29H26ClN5O3. The molecule has 0 fully saturated rings. The molecule has 0 aliphatic heterocycles. The Balaban J connectivity index is 1.72. The second-order valence-electron chi connectivity index (χ2n) is 9.09. The van der Waals surface area contributed by atoms with Gasteiger partial charge in [0.15, 0.2) is 11.6 Å². The van der Waals surface area contributed by atoms with Gasteiger partial charge >= 0.3 is 0 Å². The van der Waals surface area contributed by atoms with Crippen LogP contribution in [0, 0.1) is 18.3 Å². The summed E-state index contributed by atoms with van der Waals surface area (Å²) in [6.07, 6.45) is 5.56. The van der Waals surface area contributed by atoms with Gasteiger partial charge in [0.25, 0.3) is 5.56 Å². The lowest BCUT2D eigenvalue weighted by Crippen LogP contribution is -2.32.